The second kappa shape index (κ2) is 6.38. The first kappa shape index (κ1) is 15.5. The molecule has 3 aromatic rings. The van der Waals surface area contributed by atoms with Gasteiger partial charge in [-0.05, 0) is 44.4 Å². The van der Waals surface area contributed by atoms with Crippen LogP contribution in [0.1, 0.15) is 39.6 Å². The molecule has 2 heterocycles. The highest BCUT2D eigenvalue weighted by molar-refractivity contribution is 7.10. The summed E-state index contributed by atoms with van der Waals surface area (Å²) in [4.78, 5) is 13.8. The Kier molecular flexibility index (Phi) is 4.30. The van der Waals surface area contributed by atoms with E-state index in [4.69, 9.17) is 0 Å². The summed E-state index contributed by atoms with van der Waals surface area (Å²) in [5.41, 5.74) is 3.20. The molecule has 0 saturated heterocycles. The molecule has 0 spiro atoms. The molecule has 4 nitrogen and oxygen atoms in total. The molecule has 1 atom stereocenters. The normalized spacial score (nSPS) is 12.1. The molecule has 0 radical (unpaired) electrons. The number of carbonyl (C=O) groups excluding carboxylic acids is 1. The van der Waals surface area contributed by atoms with Crippen molar-refractivity contribution in [3.8, 4) is 5.69 Å². The van der Waals surface area contributed by atoms with E-state index in [9.17, 15) is 4.79 Å². The fourth-order valence-corrected chi connectivity index (χ4v) is 3.40. The van der Waals surface area contributed by atoms with E-state index in [1.807, 2.05) is 73.3 Å². The largest absolute Gasteiger partial charge is 0.345 e. The number of rotatable bonds is 4. The predicted octanol–water partition coefficient (Wildman–Crippen LogP) is 4.04. The Balaban J connectivity index is 1.88. The summed E-state index contributed by atoms with van der Waals surface area (Å²) in [5.74, 6) is -0.0805. The number of amides is 1. The van der Waals surface area contributed by atoms with Gasteiger partial charge in [-0.2, -0.15) is 5.10 Å². The van der Waals surface area contributed by atoms with Crippen LogP contribution in [-0.4, -0.2) is 15.7 Å². The summed E-state index contributed by atoms with van der Waals surface area (Å²) >= 11 is 1.64. The Bertz CT molecular complexity index is 806. The minimum absolute atomic E-state index is 0.0126. The zero-order valence-electron chi connectivity index (χ0n) is 13.4. The van der Waals surface area contributed by atoms with Crippen molar-refractivity contribution in [3.63, 3.8) is 0 Å². The highest BCUT2D eigenvalue weighted by atomic mass is 32.1. The smallest absolute Gasteiger partial charge is 0.255 e. The van der Waals surface area contributed by atoms with Gasteiger partial charge in [0.15, 0.2) is 0 Å². The van der Waals surface area contributed by atoms with Crippen molar-refractivity contribution in [3.05, 3.63) is 69.7 Å². The molecule has 1 N–H and O–H groups in total. The number of nitrogens with zero attached hydrogens (tertiary/aromatic N) is 2. The minimum Gasteiger partial charge on any atom is -0.345 e. The van der Waals surface area contributed by atoms with Gasteiger partial charge in [-0.15, -0.1) is 11.3 Å². The third kappa shape index (κ3) is 3.05. The van der Waals surface area contributed by atoms with Gasteiger partial charge < -0.3 is 5.32 Å². The van der Waals surface area contributed by atoms with Crippen LogP contribution in [-0.2, 0) is 0 Å². The van der Waals surface area contributed by atoms with E-state index in [-0.39, 0.29) is 11.9 Å². The van der Waals surface area contributed by atoms with Gasteiger partial charge in [0.25, 0.3) is 5.91 Å². The van der Waals surface area contributed by atoms with E-state index in [2.05, 4.69) is 10.4 Å². The summed E-state index contributed by atoms with van der Waals surface area (Å²) in [5, 5.41) is 9.61. The number of thiophene rings is 1. The number of benzene rings is 1. The van der Waals surface area contributed by atoms with Gasteiger partial charge in [0, 0.05) is 4.88 Å². The maximum Gasteiger partial charge on any atom is 0.255 e. The highest BCUT2D eigenvalue weighted by Gasteiger charge is 2.21. The topological polar surface area (TPSA) is 46.9 Å². The molecule has 2 aromatic heterocycles. The summed E-state index contributed by atoms with van der Waals surface area (Å²) in [6, 6.07) is 13.9. The van der Waals surface area contributed by atoms with Crippen LogP contribution in [0, 0.1) is 13.8 Å². The first-order valence-corrected chi connectivity index (χ1v) is 8.42. The SMILES string of the molecule is Cc1nn(-c2ccccc2)c(C)c1C(=O)N[C@H](C)c1cccs1. The van der Waals surface area contributed by atoms with E-state index < -0.39 is 0 Å². The van der Waals surface area contributed by atoms with Crippen molar-refractivity contribution in [2.75, 3.05) is 0 Å². The predicted molar refractivity (Wildman–Crippen MR) is 93.2 cm³/mol. The van der Waals surface area contributed by atoms with E-state index in [1.165, 1.54) is 0 Å². The molecule has 23 heavy (non-hydrogen) atoms. The van der Waals surface area contributed by atoms with Crippen LogP contribution in [0.15, 0.2) is 47.8 Å². The second-order valence-corrected chi connectivity index (χ2v) is 6.48. The Labute approximate surface area is 139 Å². The van der Waals surface area contributed by atoms with Gasteiger partial charge in [0.1, 0.15) is 0 Å². The Morgan fingerprint density at radius 1 is 1.17 bits per heavy atom. The lowest BCUT2D eigenvalue weighted by Gasteiger charge is -2.12. The average molecular weight is 325 g/mol. The van der Waals surface area contributed by atoms with Crippen LogP contribution in [0.2, 0.25) is 0 Å². The molecular weight excluding hydrogens is 306 g/mol. The van der Waals surface area contributed by atoms with E-state index in [0.717, 1.165) is 22.0 Å². The number of aromatic nitrogens is 2. The standard InChI is InChI=1S/C18H19N3OS/c1-12(16-10-7-11-23-16)19-18(22)17-13(2)20-21(14(17)3)15-8-5-4-6-9-15/h4-12H,1-3H3,(H,19,22)/t12-/m1/s1. The van der Waals surface area contributed by atoms with Crippen molar-refractivity contribution >= 4 is 17.2 Å². The maximum atomic E-state index is 12.7. The third-order valence-corrected chi connectivity index (χ3v) is 4.89. The molecule has 5 heteroatoms. The van der Waals surface area contributed by atoms with E-state index >= 15 is 0 Å². The van der Waals surface area contributed by atoms with Gasteiger partial charge in [0.05, 0.1) is 28.7 Å². The molecular formula is C18H19N3OS. The van der Waals surface area contributed by atoms with Crippen LogP contribution in [0.25, 0.3) is 5.69 Å². The number of aryl methyl sites for hydroxylation is 1. The lowest BCUT2D eigenvalue weighted by Crippen LogP contribution is -2.27. The zero-order valence-corrected chi connectivity index (χ0v) is 14.2. The molecule has 0 fully saturated rings. The number of para-hydroxylation sites is 1. The summed E-state index contributed by atoms with van der Waals surface area (Å²) in [6.45, 7) is 5.80. The van der Waals surface area contributed by atoms with Crippen molar-refractivity contribution in [2.24, 2.45) is 0 Å². The van der Waals surface area contributed by atoms with Gasteiger partial charge in [-0.3, -0.25) is 4.79 Å². The van der Waals surface area contributed by atoms with Crippen molar-refractivity contribution < 1.29 is 4.79 Å². The highest BCUT2D eigenvalue weighted by Crippen LogP contribution is 2.21. The molecule has 0 saturated carbocycles. The molecule has 3 rings (SSSR count). The van der Waals surface area contributed by atoms with Crippen LogP contribution in [0.4, 0.5) is 0 Å². The Hall–Kier alpha value is -2.40. The Morgan fingerprint density at radius 3 is 2.57 bits per heavy atom. The van der Waals surface area contributed by atoms with Crippen molar-refractivity contribution in [1.29, 1.82) is 0 Å². The molecule has 1 amide bonds. The molecule has 0 aliphatic rings. The summed E-state index contributed by atoms with van der Waals surface area (Å²) < 4.78 is 1.82. The fraction of sp³-hybridized carbons (Fsp3) is 0.222. The maximum absolute atomic E-state index is 12.7. The first-order valence-electron chi connectivity index (χ1n) is 7.54. The average Bonchev–Trinajstić information content (AvgIpc) is 3.16. The minimum atomic E-state index is -0.0805. The number of hydrogen-bond acceptors (Lipinski definition) is 3. The molecule has 0 aliphatic heterocycles. The summed E-state index contributed by atoms with van der Waals surface area (Å²) in [7, 11) is 0. The van der Waals surface area contributed by atoms with Gasteiger partial charge in [0.2, 0.25) is 0 Å². The zero-order chi connectivity index (χ0) is 16.4. The van der Waals surface area contributed by atoms with Gasteiger partial charge >= 0.3 is 0 Å². The Morgan fingerprint density at radius 2 is 1.91 bits per heavy atom. The van der Waals surface area contributed by atoms with Crippen LogP contribution in [0.3, 0.4) is 0 Å². The quantitative estimate of drug-likeness (QED) is 0.787. The third-order valence-electron chi connectivity index (χ3n) is 3.84. The monoisotopic (exact) mass is 325 g/mol. The second-order valence-electron chi connectivity index (χ2n) is 5.50. The molecule has 1 aromatic carbocycles. The van der Waals surface area contributed by atoms with E-state index in [0.29, 0.717) is 5.56 Å². The number of nitrogens with one attached hydrogen (secondary N) is 1. The molecule has 0 bridgehead atoms. The molecule has 0 unspecified atom stereocenters. The van der Waals surface area contributed by atoms with Gasteiger partial charge in [-0.1, -0.05) is 24.3 Å². The van der Waals surface area contributed by atoms with Crippen LogP contribution >= 0.6 is 11.3 Å². The van der Waals surface area contributed by atoms with Crippen molar-refractivity contribution in [2.45, 2.75) is 26.8 Å². The molecule has 0 aliphatic carbocycles. The van der Waals surface area contributed by atoms with E-state index in [1.54, 1.807) is 11.3 Å². The summed E-state index contributed by atoms with van der Waals surface area (Å²) in [6.07, 6.45) is 0. The van der Waals surface area contributed by atoms with Crippen LogP contribution < -0.4 is 5.32 Å². The molecule has 118 valence electrons. The first-order chi connectivity index (χ1) is 11.1. The lowest BCUT2D eigenvalue weighted by molar-refractivity contribution is 0.0939. The van der Waals surface area contributed by atoms with Crippen LogP contribution in [0.5, 0.6) is 0 Å². The number of carbonyl (C=O) groups is 1. The van der Waals surface area contributed by atoms with Crippen molar-refractivity contribution in [1.82, 2.24) is 15.1 Å². The van der Waals surface area contributed by atoms with Gasteiger partial charge in [-0.25, -0.2) is 4.68 Å². The fourth-order valence-electron chi connectivity index (χ4n) is 2.67. The number of hydrogen-bond donors (Lipinski definition) is 1. The lowest BCUT2D eigenvalue weighted by atomic mass is 10.1.